The number of carboxylic acid groups (broad SMARTS) is 1. The highest BCUT2D eigenvalue weighted by atomic mass is 16.4. The van der Waals surface area contributed by atoms with Crippen molar-refractivity contribution in [2.24, 2.45) is 5.92 Å². The van der Waals surface area contributed by atoms with Crippen molar-refractivity contribution in [1.82, 2.24) is 14.7 Å². The number of hydrogen-bond acceptors (Lipinski definition) is 3. The summed E-state index contributed by atoms with van der Waals surface area (Å²) in [6.45, 7) is 4.71. The second-order valence-corrected chi connectivity index (χ2v) is 6.42. The molecule has 1 aliphatic rings. The number of amides is 1. The number of carboxylic acids is 1. The summed E-state index contributed by atoms with van der Waals surface area (Å²) >= 11 is 0. The van der Waals surface area contributed by atoms with Gasteiger partial charge in [-0.25, -0.2) is 0 Å². The van der Waals surface area contributed by atoms with Gasteiger partial charge in [-0.2, -0.15) is 5.10 Å². The van der Waals surface area contributed by atoms with Gasteiger partial charge in [0.25, 0.3) is 0 Å². The average Bonchev–Trinajstić information content (AvgIpc) is 3.14. The third-order valence-corrected chi connectivity index (χ3v) is 4.64. The third kappa shape index (κ3) is 3.18. The van der Waals surface area contributed by atoms with Gasteiger partial charge in [0.2, 0.25) is 5.91 Å². The van der Waals surface area contributed by atoms with Crippen LogP contribution in [0.2, 0.25) is 0 Å². The topological polar surface area (TPSA) is 75.4 Å². The molecule has 0 bridgehead atoms. The van der Waals surface area contributed by atoms with Crippen molar-refractivity contribution in [1.29, 1.82) is 0 Å². The Morgan fingerprint density at radius 1 is 1.25 bits per heavy atom. The van der Waals surface area contributed by atoms with Gasteiger partial charge in [-0.1, -0.05) is 24.3 Å². The number of benzene rings is 1. The van der Waals surface area contributed by atoms with E-state index in [9.17, 15) is 14.7 Å². The summed E-state index contributed by atoms with van der Waals surface area (Å²) in [5.41, 5.74) is 3.06. The first-order chi connectivity index (χ1) is 11.5. The summed E-state index contributed by atoms with van der Waals surface area (Å²) in [7, 11) is 0. The zero-order valence-electron chi connectivity index (χ0n) is 13.8. The Hall–Kier alpha value is -2.63. The normalized spacial score (nSPS) is 20.3. The molecule has 0 spiro atoms. The molecule has 1 aromatic carbocycles. The third-order valence-electron chi connectivity index (χ3n) is 4.64. The molecular formula is C18H21N3O3. The number of nitrogens with zero attached hydrogens (tertiary/aromatic N) is 3. The largest absolute Gasteiger partial charge is 0.481 e. The number of hydrogen-bond donors (Lipinski definition) is 1. The predicted octanol–water partition coefficient (Wildman–Crippen LogP) is 1.83. The van der Waals surface area contributed by atoms with Crippen molar-refractivity contribution in [3.8, 4) is 0 Å². The van der Waals surface area contributed by atoms with Crippen LogP contribution in [0.25, 0.3) is 0 Å². The maximum Gasteiger partial charge on any atom is 0.308 e. The second kappa shape index (κ2) is 6.47. The molecule has 0 radical (unpaired) electrons. The number of likely N-dealkylation sites (tertiary alicyclic amines) is 1. The summed E-state index contributed by atoms with van der Waals surface area (Å²) in [6, 6.07) is 7.79. The molecule has 2 unspecified atom stereocenters. The molecule has 126 valence electrons. The van der Waals surface area contributed by atoms with Gasteiger partial charge in [-0.3, -0.25) is 14.3 Å². The Kier molecular flexibility index (Phi) is 4.38. The molecule has 0 saturated carbocycles. The predicted molar refractivity (Wildman–Crippen MR) is 88.6 cm³/mol. The smallest absolute Gasteiger partial charge is 0.308 e. The molecule has 6 nitrogen and oxygen atoms in total. The van der Waals surface area contributed by atoms with Gasteiger partial charge in [0, 0.05) is 25.2 Å². The fourth-order valence-electron chi connectivity index (χ4n) is 3.37. The van der Waals surface area contributed by atoms with Crippen LogP contribution in [0.5, 0.6) is 0 Å². The molecule has 1 fully saturated rings. The molecule has 2 atom stereocenters. The maximum absolute atomic E-state index is 12.5. The molecule has 1 aromatic heterocycles. The maximum atomic E-state index is 12.5. The van der Waals surface area contributed by atoms with Crippen LogP contribution in [0.1, 0.15) is 22.6 Å². The SMILES string of the molecule is Cc1cnn(CC(=O)N2CC(C(=O)O)C(c3ccccc3C)C2)c1. The minimum absolute atomic E-state index is 0.0968. The van der Waals surface area contributed by atoms with Gasteiger partial charge >= 0.3 is 5.97 Å². The first-order valence-electron chi connectivity index (χ1n) is 8.01. The zero-order valence-corrected chi connectivity index (χ0v) is 13.8. The fourth-order valence-corrected chi connectivity index (χ4v) is 3.37. The number of aromatic nitrogens is 2. The minimum atomic E-state index is -0.853. The monoisotopic (exact) mass is 327 g/mol. The van der Waals surface area contributed by atoms with Crippen LogP contribution < -0.4 is 0 Å². The van der Waals surface area contributed by atoms with E-state index < -0.39 is 11.9 Å². The summed E-state index contributed by atoms with van der Waals surface area (Å²) < 4.78 is 1.59. The molecule has 2 aromatic rings. The van der Waals surface area contributed by atoms with E-state index in [0.29, 0.717) is 6.54 Å². The van der Waals surface area contributed by atoms with Crippen LogP contribution in [0.4, 0.5) is 0 Å². The van der Waals surface area contributed by atoms with E-state index in [4.69, 9.17) is 0 Å². The first kappa shape index (κ1) is 16.2. The molecular weight excluding hydrogens is 306 g/mol. The summed E-state index contributed by atoms with van der Waals surface area (Å²) in [4.78, 5) is 25.8. The van der Waals surface area contributed by atoms with Crippen LogP contribution in [0.15, 0.2) is 36.7 Å². The van der Waals surface area contributed by atoms with Crippen molar-refractivity contribution < 1.29 is 14.7 Å². The van der Waals surface area contributed by atoms with Crippen LogP contribution in [-0.4, -0.2) is 44.8 Å². The van der Waals surface area contributed by atoms with Crippen molar-refractivity contribution in [2.75, 3.05) is 13.1 Å². The van der Waals surface area contributed by atoms with Gasteiger partial charge in [0.05, 0.1) is 12.1 Å². The lowest BCUT2D eigenvalue weighted by molar-refractivity contribution is -0.141. The van der Waals surface area contributed by atoms with Gasteiger partial charge < -0.3 is 10.0 Å². The van der Waals surface area contributed by atoms with Crippen molar-refractivity contribution in [2.45, 2.75) is 26.3 Å². The van der Waals surface area contributed by atoms with Crippen LogP contribution in [0, 0.1) is 19.8 Å². The van der Waals surface area contributed by atoms with Gasteiger partial charge in [0.15, 0.2) is 0 Å². The Morgan fingerprint density at radius 3 is 2.62 bits per heavy atom. The average molecular weight is 327 g/mol. The fraction of sp³-hybridized carbons (Fsp3) is 0.389. The molecule has 1 aliphatic heterocycles. The number of rotatable bonds is 4. The van der Waals surface area contributed by atoms with E-state index in [1.165, 1.54) is 0 Å². The van der Waals surface area contributed by atoms with Crippen molar-refractivity contribution in [3.63, 3.8) is 0 Å². The highest BCUT2D eigenvalue weighted by Gasteiger charge is 2.40. The lowest BCUT2D eigenvalue weighted by atomic mass is 9.86. The van der Waals surface area contributed by atoms with Crippen LogP contribution >= 0.6 is 0 Å². The number of aryl methyl sites for hydroxylation is 2. The standard InChI is InChI=1S/C18H21N3O3/c1-12-7-19-21(8-12)11-17(22)20-9-15(16(10-20)18(23)24)14-6-4-3-5-13(14)2/h3-8,15-16H,9-11H2,1-2H3,(H,23,24). The summed E-state index contributed by atoms with van der Waals surface area (Å²) in [6.07, 6.45) is 3.51. The Bertz CT molecular complexity index is 768. The highest BCUT2D eigenvalue weighted by molar-refractivity contribution is 5.79. The van der Waals surface area contributed by atoms with Crippen LogP contribution in [0.3, 0.4) is 0 Å². The van der Waals surface area contributed by atoms with E-state index in [-0.39, 0.29) is 24.9 Å². The Labute approximate surface area is 140 Å². The molecule has 1 amide bonds. The molecule has 2 heterocycles. The minimum Gasteiger partial charge on any atom is -0.481 e. The van der Waals surface area contributed by atoms with Crippen LogP contribution in [-0.2, 0) is 16.1 Å². The molecule has 6 heteroatoms. The van der Waals surface area contributed by atoms with E-state index in [2.05, 4.69) is 5.10 Å². The summed E-state index contributed by atoms with van der Waals surface area (Å²) in [5.74, 6) is -1.70. The van der Waals surface area contributed by atoms with Gasteiger partial charge in [-0.05, 0) is 30.5 Å². The molecule has 1 N–H and O–H groups in total. The van der Waals surface area contributed by atoms with E-state index in [1.807, 2.05) is 44.3 Å². The summed E-state index contributed by atoms with van der Waals surface area (Å²) in [5, 5.41) is 13.7. The number of carbonyl (C=O) groups excluding carboxylic acids is 1. The highest BCUT2D eigenvalue weighted by Crippen LogP contribution is 2.34. The Balaban J connectivity index is 1.78. The van der Waals surface area contributed by atoms with Gasteiger partial charge in [0.1, 0.15) is 6.54 Å². The van der Waals surface area contributed by atoms with Gasteiger partial charge in [-0.15, -0.1) is 0 Å². The van der Waals surface area contributed by atoms with E-state index in [1.54, 1.807) is 15.8 Å². The zero-order chi connectivity index (χ0) is 17.3. The molecule has 0 aliphatic carbocycles. The van der Waals surface area contributed by atoms with Crippen molar-refractivity contribution >= 4 is 11.9 Å². The lowest BCUT2D eigenvalue weighted by Gasteiger charge is -2.18. The number of carbonyl (C=O) groups is 2. The Morgan fingerprint density at radius 2 is 2.00 bits per heavy atom. The lowest BCUT2D eigenvalue weighted by Crippen LogP contribution is -2.33. The van der Waals surface area contributed by atoms with Crippen molar-refractivity contribution in [3.05, 3.63) is 53.3 Å². The molecule has 1 saturated heterocycles. The van der Waals surface area contributed by atoms with E-state index in [0.717, 1.165) is 16.7 Å². The van der Waals surface area contributed by atoms with E-state index >= 15 is 0 Å². The number of aliphatic carboxylic acids is 1. The molecule has 3 rings (SSSR count). The first-order valence-corrected chi connectivity index (χ1v) is 8.01. The molecule has 24 heavy (non-hydrogen) atoms. The quantitative estimate of drug-likeness (QED) is 0.929. The second-order valence-electron chi connectivity index (χ2n) is 6.42.